The van der Waals surface area contributed by atoms with Gasteiger partial charge in [0.15, 0.2) is 5.78 Å². The summed E-state index contributed by atoms with van der Waals surface area (Å²) in [5, 5.41) is 0.504. The van der Waals surface area contributed by atoms with Gasteiger partial charge in [-0.2, -0.15) is 0 Å². The van der Waals surface area contributed by atoms with E-state index in [9.17, 15) is 9.59 Å². The molecule has 4 rings (SSSR count). The van der Waals surface area contributed by atoms with Crippen molar-refractivity contribution in [3.63, 3.8) is 0 Å². The van der Waals surface area contributed by atoms with Crippen LogP contribution in [0.3, 0.4) is 0 Å². The first-order valence-electron chi connectivity index (χ1n) is 9.32. The number of ether oxygens (including phenoxy) is 2. The highest BCUT2D eigenvalue weighted by Gasteiger charge is 2.43. The van der Waals surface area contributed by atoms with Crippen LogP contribution in [0.15, 0.2) is 77.4 Å². The Morgan fingerprint density at radius 3 is 2.52 bits per heavy atom. The third kappa shape index (κ3) is 3.54. The number of methoxy groups -OCH3 is 1. The molecule has 0 saturated carbocycles. The second-order valence-electron chi connectivity index (χ2n) is 7.14. The van der Waals surface area contributed by atoms with Crippen molar-refractivity contribution in [3.8, 4) is 0 Å². The van der Waals surface area contributed by atoms with E-state index >= 15 is 0 Å². The summed E-state index contributed by atoms with van der Waals surface area (Å²) < 4.78 is 10.7. The summed E-state index contributed by atoms with van der Waals surface area (Å²) in [6.07, 6.45) is 0.856. The topological polar surface area (TPSA) is 78.6 Å². The summed E-state index contributed by atoms with van der Waals surface area (Å²) in [7, 11) is 1.27. The monoisotopic (exact) mass is 409 g/mol. The quantitative estimate of drug-likeness (QED) is 0.768. The molecule has 2 atom stereocenters. The lowest BCUT2D eigenvalue weighted by atomic mass is 9.73. The van der Waals surface area contributed by atoms with Crippen LogP contribution in [0.5, 0.6) is 0 Å². The van der Waals surface area contributed by atoms with Crippen molar-refractivity contribution in [2.45, 2.75) is 24.7 Å². The van der Waals surface area contributed by atoms with Crippen molar-refractivity contribution in [2.75, 3.05) is 7.11 Å². The molecule has 5 nitrogen and oxygen atoms in total. The number of ketones is 1. The lowest BCUT2D eigenvalue weighted by molar-refractivity contribution is -0.136. The summed E-state index contributed by atoms with van der Waals surface area (Å²) in [5.74, 6) is -0.910. The van der Waals surface area contributed by atoms with Gasteiger partial charge in [0.05, 0.1) is 13.0 Å². The van der Waals surface area contributed by atoms with E-state index in [4.69, 9.17) is 26.8 Å². The Labute approximate surface area is 173 Å². The van der Waals surface area contributed by atoms with Gasteiger partial charge in [0.25, 0.3) is 0 Å². The van der Waals surface area contributed by atoms with Crippen molar-refractivity contribution in [2.24, 2.45) is 5.73 Å². The molecule has 0 saturated heterocycles. The van der Waals surface area contributed by atoms with Crippen LogP contribution in [0.25, 0.3) is 0 Å². The summed E-state index contributed by atoms with van der Waals surface area (Å²) in [5.41, 5.74) is 8.48. The fraction of sp³-hybridized carbons (Fsp3) is 0.217. The number of carbonyl (C=O) groups excluding carboxylic acids is 2. The minimum Gasteiger partial charge on any atom is -0.465 e. The maximum Gasteiger partial charge on any atom is 0.340 e. The molecule has 6 heteroatoms. The number of benzene rings is 2. The van der Waals surface area contributed by atoms with Gasteiger partial charge in [-0.3, -0.25) is 4.79 Å². The lowest BCUT2D eigenvalue weighted by Crippen LogP contribution is -2.32. The number of hydrogen-bond donors (Lipinski definition) is 1. The zero-order valence-electron chi connectivity index (χ0n) is 15.9. The van der Waals surface area contributed by atoms with Crippen molar-refractivity contribution in [1.82, 2.24) is 0 Å². The fourth-order valence-electron chi connectivity index (χ4n) is 4.10. The van der Waals surface area contributed by atoms with Gasteiger partial charge in [0.1, 0.15) is 11.3 Å². The maximum absolute atomic E-state index is 13.3. The molecule has 2 aromatic carbocycles. The van der Waals surface area contributed by atoms with E-state index in [0.29, 0.717) is 34.8 Å². The SMILES string of the molecule is COC(=O)C1=C(N)OC2=C(C(=O)C[C@H](c3ccccc3)C2)[C@H]1c1cccc(Cl)c1. The van der Waals surface area contributed by atoms with Gasteiger partial charge < -0.3 is 15.2 Å². The number of Topliss-reactive ketones (excluding diaryl/α,β-unsaturated/α-hetero) is 1. The van der Waals surface area contributed by atoms with E-state index in [1.54, 1.807) is 18.2 Å². The Morgan fingerprint density at radius 2 is 1.83 bits per heavy atom. The molecule has 0 aromatic heterocycles. The number of allylic oxidation sites excluding steroid dienone is 2. The maximum atomic E-state index is 13.3. The lowest BCUT2D eigenvalue weighted by Gasteiger charge is -2.35. The Hall–Kier alpha value is -3.05. The van der Waals surface area contributed by atoms with E-state index in [1.165, 1.54) is 7.11 Å². The highest BCUT2D eigenvalue weighted by molar-refractivity contribution is 6.30. The second-order valence-corrected chi connectivity index (χ2v) is 7.57. The van der Waals surface area contributed by atoms with Crippen molar-refractivity contribution < 1.29 is 19.1 Å². The summed E-state index contributed by atoms with van der Waals surface area (Å²) in [4.78, 5) is 25.8. The molecule has 2 aromatic rings. The zero-order chi connectivity index (χ0) is 20.5. The first-order chi connectivity index (χ1) is 14.0. The third-order valence-electron chi connectivity index (χ3n) is 5.40. The molecule has 29 heavy (non-hydrogen) atoms. The molecule has 0 bridgehead atoms. The van der Waals surface area contributed by atoms with Crippen LogP contribution in [0.4, 0.5) is 0 Å². The Kier molecular flexibility index (Phi) is 5.16. The van der Waals surface area contributed by atoms with Gasteiger partial charge >= 0.3 is 5.97 Å². The van der Waals surface area contributed by atoms with E-state index in [-0.39, 0.29) is 23.2 Å². The van der Waals surface area contributed by atoms with Gasteiger partial charge in [0.2, 0.25) is 5.88 Å². The number of hydrogen-bond acceptors (Lipinski definition) is 5. The molecule has 0 amide bonds. The Morgan fingerprint density at radius 1 is 1.10 bits per heavy atom. The van der Waals surface area contributed by atoms with E-state index in [2.05, 4.69) is 0 Å². The van der Waals surface area contributed by atoms with Gasteiger partial charge in [-0.25, -0.2) is 4.79 Å². The molecule has 1 heterocycles. The first kappa shape index (κ1) is 19.3. The third-order valence-corrected chi connectivity index (χ3v) is 5.63. The van der Waals surface area contributed by atoms with Gasteiger partial charge in [0, 0.05) is 23.4 Å². The number of esters is 1. The van der Waals surface area contributed by atoms with Crippen LogP contribution in [0, 0.1) is 0 Å². The van der Waals surface area contributed by atoms with Crippen LogP contribution in [-0.4, -0.2) is 18.9 Å². The van der Waals surface area contributed by atoms with Crippen molar-refractivity contribution >= 4 is 23.4 Å². The van der Waals surface area contributed by atoms with E-state index in [0.717, 1.165) is 5.56 Å². The molecule has 148 valence electrons. The molecule has 2 aliphatic rings. The van der Waals surface area contributed by atoms with E-state index in [1.807, 2.05) is 36.4 Å². The molecule has 1 aliphatic heterocycles. The minimum absolute atomic E-state index is 0.00469. The normalized spacial score (nSPS) is 21.5. The molecular formula is C23H20ClNO4. The molecule has 2 N–H and O–H groups in total. The molecule has 0 unspecified atom stereocenters. The highest BCUT2D eigenvalue weighted by Crippen LogP contribution is 2.47. The van der Waals surface area contributed by atoms with Crippen molar-refractivity contribution in [3.05, 3.63) is 93.5 Å². The van der Waals surface area contributed by atoms with Crippen molar-refractivity contribution in [1.29, 1.82) is 0 Å². The van der Waals surface area contributed by atoms with Crippen LogP contribution in [0.2, 0.25) is 5.02 Å². The average molecular weight is 410 g/mol. The average Bonchev–Trinajstić information content (AvgIpc) is 2.72. The largest absolute Gasteiger partial charge is 0.465 e. The first-order valence-corrected chi connectivity index (χ1v) is 9.69. The number of carbonyl (C=O) groups is 2. The predicted octanol–water partition coefficient (Wildman–Crippen LogP) is 4.20. The summed E-state index contributed by atoms with van der Waals surface area (Å²) >= 11 is 6.18. The van der Waals surface area contributed by atoms with Gasteiger partial charge in [-0.05, 0) is 29.2 Å². The van der Waals surface area contributed by atoms with Crippen LogP contribution >= 0.6 is 11.6 Å². The van der Waals surface area contributed by atoms with Crippen LogP contribution in [-0.2, 0) is 19.1 Å². The smallest absolute Gasteiger partial charge is 0.340 e. The van der Waals surface area contributed by atoms with E-state index < -0.39 is 11.9 Å². The van der Waals surface area contributed by atoms with Gasteiger partial charge in [-0.1, -0.05) is 54.1 Å². The molecular weight excluding hydrogens is 390 g/mol. The summed E-state index contributed by atoms with van der Waals surface area (Å²) in [6, 6.07) is 16.9. The number of halogens is 1. The van der Waals surface area contributed by atoms with Crippen LogP contribution < -0.4 is 5.73 Å². The Balaban J connectivity index is 1.82. The number of rotatable bonds is 3. The molecule has 0 fully saturated rings. The standard InChI is InChI=1S/C23H20ClNO4/c1-28-23(27)21-19(14-8-5-9-16(24)10-14)20-17(26)11-15(12-18(20)29-22(21)25)13-6-3-2-4-7-13/h2-10,15,19H,11-12,25H2,1H3/t15-,19+/m0/s1. The fourth-order valence-corrected chi connectivity index (χ4v) is 4.30. The highest BCUT2D eigenvalue weighted by atomic mass is 35.5. The second kappa shape index (κ2) is 7.76. The number of nitrogens with two attached hydrogens (primary N) is 1. The predicted molar refractivity (Wildman–Crippen MR) is 109 cm³/mol. The van der Waals surface area contributed by atoms with Crippen LogP contribution in [0.1, 0.15) is 35.8 Å². The molecule has 1 aliphatic carbocycles. The molecule has 0 radical (unpaired) electrons. The minimum atomic E-state index is -0.672. The summed E-state index contributed by atoms with van der Waals surface area (Å²) in [6.45, 7) is 0. The van der Waals surface area contributed by atoms with Gasteiger partial charge in [-0.15, -0.1) is 0 Å². The zero-order valence-corrected chi connectivity index (χ0v) is 16.6. The Bertz CT molecular complexity index is 1040. The molecule has 0 spiro atoms.